The smallest absolute Gasteiger partial charge is 0.243 e. The summed E-state index contributed by atoms with van der Waals surface area (Å²) in [7, 11) is -3.45. The summed E-state index contributed by atoms with van der Waals surface area (Å²) in [5.74, 6) is 0.157. The minimum absolute atomic E-state index is 0.0384. The number of hydrogen-bond acceptors (Lipinski definition) is 3. The van der Waals surface area contributed by atoms with Crippen LogP contribution in [-0.4, -0.2) is 31.2 Å². The molecule has 1 saturated heterocycles. The fourth-order valence-electron chi connectivity index (χ4n) is 3.19. The van der Waals surface area contributed by atoms with Crippen molar-refractivity contribution >= 4 is 21.6 Å². The van der Waals surface area contributed by atoms with Crippen molar-refractivity contribution in [1.29, 1.82) is 0 Å². The zero-order valence-corrected chi connectivity index (χ0v) is 14.3. The number of piperidine rings is 1. The molecule has 1 atom stereocenters. The maximum absolute atomic E-state index is 12.7. The first kappa shape index (κ1) is 16.5. The van der Waals surface area contributed by atoms with Crippen molar-refractivity contribution < 1.29 is 13.2 Å². The molecule has 1 unspecified atom stereocenters. The zero-order chi connectivity index (χ0) is 16.4. The summed E-state index contributed by atoms with van der Waals surface area (Å²) in [5.41, 5.74) is 0.660. The van der Waals surface area contributed by atoms with Gasteiger partial charge in [-0.1, -0.05) is 12.8 Å². The molecule has 5 nitrogen and oxygen atoms in total. The SMILES string of the molecule is CC1CCCCN1S(=O)(=O)c1ccc(NC(=O)C2CCC2)cc1. The highest BCUT2D eigenvalue weighted by molar-refractivity contribution is 7.89. The molecule has 1 aliphatic carbocycles. The van der Waals surface area contributed by atoms with E-state index >= 15 is 0 Å². The van der Waals surface area contributed by atoms with Gasteiger partial charge >= 0.3 is 0 Å². The summed E-state index contributed by atoms with van der Waals surface area (Å²) in [4.78, 5) is 12.2. The van der Waals surface area contributed by atoms with Crippen LogP contribution < -0.4 is 5.32 Å². The largest absolute Gasteiger partial charge is 0.326 e. The Hall–Kier alpha value is -1.40. The Labute approximate surface area is 138 Å². The number of rotatable bonds is 4. The Morgan fingerprint density at radius 1 is 1.09 bits per heavy atom. The molecule has 2 fully saturated rings. The van der Waals surface area contributed by atoms with Gasteiger partial charge in [-0.05, 0) is 56.9 Å². The maximum atomic E-state index is 12.7. The highest BCUT2D eigenvalue weighted by atomic mass is 32.2. The van der Waals surface area contributed by atoms with Gasteiger partial charge in [0.05, 0.1) is 4.90 Å². The Morgan fingerprint density at radius 2 is 1.78 bits per heavy atom. The van der Waals surface area contributed by atoms with Gasteiger partial charge in [-0.25, -0.2) is 8.42 Å². The lowest BCUT2D eigenvalue weighted by Gasteiger charge is -2.32. The van der Waals surface area contributed by atoms with Crippen molar-refractivity contribution in [2.45, 2.75) is 56.4 Å². The van der Waals surface area contributed by atoms with Crippen LogP contribution in [0.15, 0.2) is 29.2 Å². The van der Waals surface area contributed by atoms with Gasteiger partial charge in [0.1, 0.15) is 0 Å². The molecule has 6 heteroatoms. The van der Waals surface area contributed by atoms with Crippen LogP contribution in [0.1, 0.15) is 45.4 Å². The number of sulfonamides is 1. The minimum Gasteiger partial charge on any atom is -0.326 e. The molecule has 0 aromatic heterocycles. The van der Waals surface area contributed by atoms with Crippen molar-refractivity contribution in [1.82, 2.24) is 4.31 Å². The fraction of sp³-hybridized carbons (Fsp3) is 0.588. The number of amides is 1. The van der Waals surface area contributed by atoms with Gasteiger partial charge in [-0.3, -0.25) is 4.79 Å². The van der Waals surface area contributed by atoms with Crippen molar-refractivity contribution in [3.63, 3.8) is 0 Å². The molecular weight excluding hydrogens is 312 g/mol. The number of carbonyl (C=O) groups is 1. The Bertz CT molecular complexity index is 666. The second kappa shape index (κ2) is 6.61. The first-order chi connectivity index (χ1) is 11.0. The molecule has 23 heavy (non-hydrogen) atoms. The molecule has 1 aromatic rings. The number of anilines is 1. The summed E-state index contributed by atoms with van der Waals surface area (Å²) >= 11 is 0. The molecule has 1 saturated carbocycles. The number of nitrogens with one attached hydrogen (secondary N) is 1. The summed E-state index contributed by atoms with van der Waals surface area (Å²) in [6, 6.07) is 6.59. The third-order valence-corrected chi connectivity index (χ3v) is 6.97. The predicted octanol–water partition coefficient (Wildman–Crippen LogP) is 2.99. The Kier molecular flexibility index (Phi) is 4.73. The second-order valence-corrected chi connectivity index (χ2v) is 8.49. The van der Waals surface area contributed by atoms with Crippen LogP contribution in [0.25, 0.3) is 0 Å². The van der Waals surface area contributed by atoms with Crippen LogP contribution >= 0.6 is 0 Å². The van der Waals surface area contributed by atoms with Gasteiger partial charge in [-0.2, -0.15) is 4.31 Å². The first-order valence-electron chi connectivity index (χ1n) is 8.41. The van der Waals surface area contributed by atoms with Crippen LogP contribution in [0, 0.1) is 5.92 Å². The van der Waals surface area contributed by atoms with Gasteiger partial charge in [0.25, 0.3) is 0 Å². The van der Waals surface area contributed by atoms with Crippen molar-refractivity contribution in [2.24, 2.45) is 5.92 Å². The van der Waals surface area contributed by atoms with Crippen LogP contribution in [0.5, 0.6) is 0 Å². The zero-order valence-electron chi connectivity index (χ0n) is 13.5. The average molecular weight is 336 g/mol. The van der Waals surface area contributed by atoms with E-state index in [4.69, 9.17) is 0 Å². The van der Waals surface area contributed by atoms with E-state index in [1.54, 1.807) is 28.6 Å². The van der Waals surface area contributed by atoms with Crippen LogP contribution in [0.2, 0.25) is 0 Å². The summed E-state index contributed by atoms with van der Waals surface area (Å²) in [5, 5.41) is 2.86. The molecular formula is C17H24N2O3S. The van der Waals surface area contributed by atoms with Crippen molar-refractivity contribution in [3.8, 4) is 0 Å². The molecule has 1 heterocycles. The highest BCUT2D eigenvalue weighted by Gasteiger charge is 2.31. The molecule has 0 radical (unpaired) electrons. The van der Waals surface area contributed by atoms with E-state index < -0.39 is 10.0 Å². The molecule has 0 bridgehead atoms. The van der Waals surface area contributed by atoms with Gasteiger partial charge in [0.15, 0.2) is 0 Å². The lowest BCUT2D eigenvalue weighted by molar-refractivity contribution is -0.122. The fourth-order valence-corrected chi connectivity index (χ4v) is 4.89. The average Bonchev–Trinajstić information content (AvgIpc) is 2.46. The minimum atomic E-state index is -3.45. The van der Waals surface area contributed by atoms with Gasteiger partial charge < -0.3 is 5.32 Å². The lowest BCUT2D eigenvalue weighted by Crippen LogP contribution is -2.41. The van der Waals surface area contributed by atoms with Crippen LogP contribution in [0.3, 0.4) is 0 Å². The predicted molar refractivity (Wildman–Crippen MR) is 89.6 cm³/mol. The maximum Gasteiger partial charge on any atom is 0.243 e. The summed E-state index contributed by atoms with van der Waals surface area (Å²) in [6.45, 7) is 2.55. The van der Waals surface area contributed by atoms with Crippen LogP contribution in [0.4, 0.5) is 5.69 Å². The normalized spacial score (nSPS) is 23.3. The quantitative estimate of drug-likeness (QED) is 0.919. The standard InChI is InChI=1S/C17H24N2O3S/c1-13-5-2-3-12-19(13)23(21,22)16-10-8-15(9-11-16)18-17(20)14-6-4-7-14/h8-11,13-14H,2-7,12H2,1H3,(H,18,20). The van der Waals surface area contributed by atoms with E-state index in [0.717, 1.165) is 38.5 Å². The Morgan fingerprint density at radius 3 is 2.35 bits per heavy atom. The Balaban J connectivity index is 1.71. The molecule has 1 aliphatic heterocycles. The number of carbonyl (C=O) groups excluding carboxylic acids is 1. The number of nitrogens with zero attached hydrogens (tertiary/aromatic N) is 1. The van der Waals surface area contributed by atoms with E-state index in [1.807, 2.05) is 6.92 Å². The van der Waals surface area contributed by atoms with Gasteiger partial charge in [0.2, 0.25) is 15.9 Å². The molecule has 2 aliphatic rings. The molecule has 126 valence electrons. The van der Waals surface area contributed by atoms with E-state index in [1.165, 1.54) is 0 Å². The lowest BCUT2D eigenvalue weighted by atomic mass is 9.85. The first-order valence-corrected chi connectivity index (χ1v) is 9.85. The van der Waals surface area contributed by atoms with E-state index in [9.17, 15) is 13.2 Å². The van der Waals surface area contributed by atoms with E-state index in [-0.39, 0.29) is 17.9 Å². The molecule has 1 aromatic carbocycles. The van der Waals surface area contributed by atoms with Crippen LogP contribution in [-0.2, 0) is 14.8 Å². The number of hydrogen-bond donors (Lipinski definition) is 1. The molecule has 0 spiro atoms. The number of benzene rings is 1. The van der Waals surface area contributed by atoms with Crippen molar-refractivity contribution in [3.05, 3.63) is 24.3 Å². The topological polar surface area (TPSA) is 66.5 Å². The second-order valence-electron chi connectivity index (χ2n) is 6.60. The van der Waals surface area contributed by atoms with Crippen molar-refractivity contribution in [2.75, 3.05) is 11.9 Å². The van der Waals surface area contributed by atoms with Gasteiger partial charge in [-0.15, -0.1) is 0 Å². The monoisotopic (exact) mass is 336 g/mol. The summed E-state index contributed by atoms with van der Waals surface area (Å²) < 4.78 is 27.1. The highest BCUT2D eigenvalue weighted by Crippen LogP contribution is 2.28. The molecule has 3 rings (SSSR count). The van der Waals surface area contributed by atoms with E-state index in [2.05, 4.69) is 5.32 Å². The molecule has 1 amide bonds. The third kappa shape index (κ3) is 3.43. The summed E-state index contributed by atoms with van der Waals surface area (Å²) in [6.07, 6.45) is 5.92. The third-order valence-electron chi connectivity index (χ3n) is 4.95. The van der Waals surface area contributed by atoms with Gasteiger partial charge in [0, 0.05) is 24.2 Å². The molecule has 1 N–H and O–H groups in total. The van der Waals surface area contributed by atoms with E-state index in [0.29, 0.717) is 17.1 Å².